The normalized spacial score (nSPS) is 11.7. The molecule has 5 nitrogen and oxygen atoms in total. The van der Waals surface area contributed by atoms with Crippen molar-refractivity contribution in [2.24, 2.45) is 0 Å². The van der Waals surface area contributed by atoms with E-state index in [9.17, 15) is 8.42 Å². The molecule has 0 bridgehead atoms. The summed E-state index contributed by atoms with van der Waals surface area (Å²) in [5.41, 5.74) is 0. The smallest absolute Gasteiger partial charge is 0.282 e. The van der Waals surface area contributed by atoms with E-state index in [4.69, 9.17) is 4.74 Å². The van der Waals surface area contributed by atoms with Crippen LogP contribution in [-0.4, -0.2) is 24.2 Å². The van der Waals surface area contributed by atoms with Crippen molar-refractivity contribution < 1.29 is 13.2 Å². The Kier molecular flexibility index (Phi) is 3.39. The topological polar surface area (TPSA) is 61.2 Å². The number of rotatable bonds is 4. The summed E-state index contributed by atoms with van der Waals surface area (Å²) in [5, 5.41) is 5.56. The number of hydrogen-bond acceptors (Lipinski definition) is 4. The van der Waals surface area contributed by atoms with Crippen molar-refractivity contribution in [3.63, 3.8) is 0 Å². The molecule has 0 saturated carbocycles. The van der Waals surface area contributed by atoms with E-state index in [0.29, 0.717) is 6.61 Å². The van der Waals surface area contributed by atoms with Gasteiger partial charge in [0.15, 0.2) is 0 Å². The van der Waals surface area contributed by atoms with Crippen molar-refractivity contribution in [1.82, 2.24) is 9.19 Å². The van der Waals surface area contributed by atoms with Gasteiger partial charge in [0.2, 0.25) is 0 Å². The number of nitrogens with zero attached hydrogens (tertiary/aromatic N) is 2. The standard InChI is InChI=1S/C15H14N2O3S/c1-2-20-14-6-4-13-11-15(7-5-12(13)10-14)21(18,19)17-9-3-8-16-17/h3-11H,2H2,1H3. The van der Waals surface area contributed by atoms with Gasteiger partial charge >= 0.3 is 0 Å². The van der Waals surface area contributed by atoms with Gasteiger partial charge in [0.05, 0.1) is 17.7 Å². The maximum Gasteiger partial charge on any atom is 0.282 e. The maximum absolute atomic E-state index is 12.4. The van der Waals surface area contributed by atoms with Crippen LogP contribution in [0, 0.1) is 0 Å². The fourth-order valence-electron chi connectivity index (χ4n) is 2.12. The van der Waals surface area contributed by atoms with E-state index >= 15 is 0 Å². The highest BCUT2D eigenvalue weighted by molar-refractivity contribution is 7.89. The highest BCUT2D eigenvalue weighted by Gasteiger charge is 2.17. The molecule has 0 atom stereocenters. The molecule has 3 rings (SSSR count). The third-order valence-electron chi connectivity index (χ3n) is 3.12. The SMILES string of the molecule is CCOc1ccc2cc(S(=O)(=O)n3cccn3)ccc2c1. The second-order valence-electron chi connectivity index (χ2n) is 4.49. The molecule has 0 aliphatic heterocycles. The molecule has 1 heterocycles. The van der Waals surface area contributed by atoms with Gasteiger partial charge in [-0.3, -0.25) is 0 Å². The molecule has 0 unspecified atom stereocenters. The minimum absolute atomic E-state index is 0.211. The lowest BCUT2D eigenvalue weighted by atomic mass is 10.1. The van der Waals surface area contributed by atoms with Gasteiger partial charge in [-0.2, -0.15) is 17.6 Å². The van der Waals surface area contributed by atoms with Crippen molar-refractivity contribution in [1.29, 1.82) is 0 Å². The predicted octanol–water partition coefficient (Wildman–Crippen LogP) is 2.67. The average molecular weight is 302 g/mol. The Bertz CT molecular complexity index is 871. The van der Waals surface area contributed by atoms with Gasteiger partial charge < -0.3 is 4.74 Å². The highest BCUT2D eigenvalue weighted by Crippen LogP contribution is 2.24. The van der Waals surface area contributed by atoms with Crippen LogP contribution in [0.1, 0.15) is 6.92 Å². The van der Waals surface area contributed by atoms with Crippen molar-refractivity contribution in [2.45, 2.75) is 11.8 Å². The molecule has 0 aliphatic rings. The summed E-state index contributed by atoms with van der Waals surface area (Å²) in [6.45, 7) is 2.52. The lowest BCUT2D eigenvalue weighted by Gasteiger charge is -2.07. The molecule has 0 N–H and O–H groups in total. The molecule has 0 spiro atoms. The van der Waals surface area contributed by atoms with Crippen LogP contribution in [0.15, 0.2) is 59.8 Å². The third kappa shape index (κ3) is 2.50. The summed E-state index contributed by atoms with van der Waals surface area (Å²) in [7, 11) is -3.63. The quantitative estimate of drug-likeness (QED) is 0.743. The largest absolute Gasteiger partial charge is 0.494 e. The van der Waals surface area contributed by atoms with Crippen LogP contribution in [0.5, 0.6) is 5.75 Å². The second-order valence-corrected chi connectivity index (χ2v) is 6.28. The molecule has 0 aliphatic carbocycles. The number of aromatic nitrogens is 2. The van der Waals surface area contributed by atoms with Gasteiger partial charge in [0.25, 0.3) is 10.0 Å². The average Bonchev–Trinajstić information content (AvgIpc) is 3.02. The number of benzene rings is 2. The summed E-state index contributed by atoms with van der Waals surface area (Å²) < 4.78 is 31.2. The Morgan fingerprint density at radius 3 is 2.62 bits per heavy atom. The van der Waals surface area contributed by atoms with Crippen LogP contribution in [-0.2, 0) is 10.0 Å². The van der Waals surface area contributed by atoms with Crippen LogP contribution >= 0.6 is 0 Å². The summed E-state index contributed by atoms with van der Waals surface area (Å²) >= 11 is 0. The highest BCUT2D eigenvalue weighted by atomic mass is 32.2. The predicted molar refractivity (Wildman–Crippen MR) is 79.9 cm³/mol. The first-order chi connectivity index (χ1) is 10.1. The summed E-state index contributed by atoms with van der Waals surface area (Å²) in [5.74, 6) is 0.771. The first-order valence-electron chi connectivity index (χ1n) is 6.53. The van der Waals surface area contributed by atoms with E-state index in [0.717, 1.165) is 20.6 Å². The first-order valence-corrected chi connectivity index (χ1v) is 7.97. The molecule has 1 aromatic heterocycles. The van der Waals surface area contributed by atoms with Gasteiger partial charge in [-0.15, -0.1) is 0 Å². The van der Waals surface area contributed by atoms with E-state index < -0.39 is 10.0 Å². The molecule has 6 heteroatoms. The Labute approximate surface area is 122 Å². The van der Waals surface area contributed by atoms with Crippen molar-refractivity contribution in [3.8, 4) is 5.75 Å². The van der Waals surface area contributed by atoms with Crippen LogP contribution in [0.25, 0.3) is 10.8 Å². The third-order valence-corrected chi connectivity index (χ3v) is 4.68. The number of fused-ring (bicyclic) bond motifs is 1. The molecule has 0 radical (unpaired) electrons. The minimum atomic E-state index is -3.63. The lowest BCUT2D eigenvalue weighted by Crippen LogP contribution is -2.13. The molecule has 3 aromatic rings. The summed E-state index contributed by atoms with van der Waals surface area (Å²) in [6.07, 6.45) is 2.85. The van der Waals surface area contributed by atoms with E-state index in [2.05, 4.69) is 5.10 Å². The number of ether oxygens (including phenoxy) is 1. The monoisotopic (exact) mass is 302 g/mol. The fraction of sp³-hybridized carbons (Fsp3) is 0.133. The van der Waals surface area contributed by atoms with Crippen molar-refractivity contribution in [3.05, 3.63) is 54.9 Å². The molecule has 0 saturated heterocycles. The van der Waals surface area contributed by atoms with E-state index in [-0.39, 0.29) is 4.90 Å². The minimum Gasteiger partial charge on any atom is -0.494 e. The van der Waals surface area contributed by atoms with Crippen molar-refractivity contribution >= 4 is 20.8 Å². The van der Waals surface area contributed by atoms with Gasteiger partial charge in [0, 0.05) is 6.20 Å². The van der Waals surface area contributed by atoms with E-state index in [1.165, 1.54) is 12.4 Å². The lowest BCUT2D eigenvalue weighted by molar-refractivity contribution is 0.341. The zero-order chi connectivity index (χ0) is 14.9. The second kappa shape index (κ2) is 5.21. The Morgan fingerprint density at radius 2 is 1.90 bits per heavy atom. The Balaban J connectivity index is 2.08. The van der Waals surface area contributed by atoms with Gasteiger partial charge in [-0.1, -0.05) is 12.1 Å². The van der Waals surface area contributed by atoms with E-state index in [1.807, 2.05) is 25.1 Å². The van der Waals surface area contributed by atoms with Crippen LogP contribution in [0.2, 0.25) is 0 Å². The zero-order valence-corrected chi connectivity index (χ0v) is 12.2. The molecule has 2 aromatic carbocycles. The molecule has 0 amide bonds. The Hall–Kier alpha value is -2.34. The summed E-state index contributed by atoms with van der Waals surface area (Å²) in [4.78, 5) is 0.211. The van der Waals surface area contributed by atoms with Crippen LogP contribution in [0.3, 0.4) is 0 Å². The van der Waals surface area contributed by atoms with Crippen LogP contribution in [0.4, 0.5) is 0 Å². The maximum atomic E-state index is 12.4. The van der Waals surface area contributed by atoms with E-state index in [1.54, 1.807) is 24.3 Å². The van der Waals surface area contributed by atoms with Crippen molar-refractivity contribution in [2.75, 3.05) is 6.61 Å². The molecule has 108 valence electrons. The molecular weight excluding hydrogens is 288 g/mol. The molecule has 0 fully saturated rings. The Morgan fingerprint density at radius 1 is 1.14 bits per heavy atom. The molecular formula is C15H14N2O3S. The fourth-order valence-corrected chi connectivity index (χ4v) is 3.26. The van der Waals surface area contributed by atoms with Gasteiger partial charge in [-0.05, 0) is 48.0 Å². The zero-order valence-electron chi connectivity index (χ0n) is 11.4. The van der Waals surface area contributed by atoms with Gasteiger partial charge in [-0.25, -0.2) is 0 Å². The van der Waals surface area contributed by atoms with Gasteiger partial charge in [0.1, 0.15) is 5.75 Å². The molecule has 21 heavy (non-hydrogen) atoms. The number of hydrogen-bond donors (Lipinski definition) is 0. The van der Waals surface area contributed by atoms with Crippen LogP contribution < -0.4 is 4.74 Å². The summed E-state index contributed by atoms with van der Waals surface area (Å²) in [6, 6.07) is 12.1. The first kappa shape index (κ1) is 13.6.